The molecule has 1 aromatic carbocycles. The second-order valence-corrected chi connectivity index (χ2v) is 5.15. The summed E-state index contributed by atoms with van der Waals surface area (Å²) in [5, 5.41) is 0. The van der Waals surface area contributed by atoms with Crippen molar-refractivity contribution in [2.45, 2.75) is 33.2 Å². The number of hydrogen-bond acceptors (Lipinski definition) is 1. The Bertz CT molecular complexity index is 359. The molecule has 0 aromatic heterocycles. The van der Waals surface area contributed by atoms with Crippen LogP contribution in [0.3, 0.4) is 0 Å². The van der Waals surface area contributed by atoms with E-state index in [1.807, 2.05) is 20.8 Å². The van der Waals surface area contributed by atoms with Gasteiger partial charge in [0.1, 0.15) is 17.5 Å². The van der Waals surface area contributed by atoms with Crippen molar-refractivity contribution in [3.8, 4) is 0 Å². The number of rotatable bonds is 2. The molecule has 0 fully saturated rings. The Morgan fingerprint density at radius 3 is 1.94 bits per heavy atom. The molecule has 16 heavy (non-hydrogen) atoms. The van der Waals surface area contributed by atoms with E-state index in [1.54, 1.807) is 0 Å². The van der Waals surface area contributed by atoms with Crippen molar-refractivity contribution in [2.24, 2.45) is 11.1 Å². The minimum Gasteiger partial charge on any atom is -0.324 e. The summed E-state index contributed by atoms with van der Waals surface area (Å²) in [6.07, 6.45) is 0.423. The van der Waals surface area contributed by atoms with Crippen molar-refractivity contribution in [3.05, 3.63) is 35.1 Å². The predicted octanol–water partition coefficient (Wildman–Crippen LogP) is 3.54. The van der Waals surface area contributed by atoms with Gasteiger partial charge in [-0.15, -0.1) is 0 Å². The molecule has 1 aromatic rings. The first-order chi connectivity index (χ1) is 7.20. The summed E-state index contributed by atoms with van der Waals surface area (Å²) < 4.78 is 39.4. The molecule has 0 aliphatic heterocycles. The lowest BCUT2D eigenvalue weighted by Gasteiger charge is -2.23. The van der Waals surface area contributed by atoms with Gasteiger partial charge in [0, 0.05) is 23.7 Å². The molecule has 1 unspecified atom stereocenters. The molecule has 0 amide bonds. The molecular weight excluding hydrogens is 215 g/mol. The highest BCUT2D eigenvalue weighted by molar-refractivity contribution is 5.24. The average Bonchev–Trinajstić information content (AvgIpc) is 1.96. The van der Waals surface area contributed by atoms with Gasteiger partial charge < -0.3 is 5.73 Å². The summed E-state index contributed by atoms with van der Waals surface area (Å²) in [4.78, 5) is 0. The van der Waals surface area contributed by atoms with Crippen molar-refractivity contribution in [3.63, 3.8) is 0 Å². The largest absolute Gasteiger partial charge is 0.324 e. The highest BCUT2D eigenvalue weighted by Crippen LogP contribution is 2.30. The maximum absolute atomic E-state index is 13.4. The van der Waals surface area contributed by atoms with Crippen LogP contribution in [0.15, 0.2) is 12.1 Å². The van der Waals surface area contributed by atoms with Gasteiger partial charge in [0.05, 0.1) is 0 Å². The minimum atomic E-state index is -0.929. The molecule has 90 valence electrons. The Morgan fingerprint density at radius 1 is 1.12 bits per heavy atom. The zero-order valence-electron chi connectivity index (χ0n) is 9.65. The van der Waals surface area contributed by atoms with Crippen LogP contribution in [0.2, 0.25) is 0 Å². The van der Waals surface area contributed by atoms with E-state index in [2.05, 4.69) is 0 Å². The van der Waals surface area contributed by atoms with E-state index in [0.29, 0.717) is 18.6 Å². The van der Waals surface area contributed by atoms with E-state index in [1.165, 1.54) is 0 Å². The minimum absolute atomic E-state index is 0.146. The lowest BCUT2D eigenvalue weighted by atomic mass is 9.85. The lowest BCUT2D eigenvalue weighted by Crippen LogP contribution is -2.21. The van der Waals surface area contributed by atoms with Gasteiger partial charge in [-0.25, -0.2) is 13.2 Å². The first-order valence-electron chi connectivity index (χ1n) is 5.11. The van der Waals surface area contributed by atoms with Crippen LogP contribution in [0.4, 0.5) is 13.2 Å². The lowest BCUT2D eigenvalue weighted by molar-refractivity contribution is 0.333. The Kier molecular flexibility index (Phi) is 3.63. The van der Waals surface area contributed by atoms with Crippen LogP contribution >= 0.6 is 0 Å². The summed E-state index contributed by atoms with van der Waals surface area (Å²) in [5.41, 5.74) is 5.34. The summed E-state index contributed by atoms with van der Waals surface area (Å²) >= 11 is 0. The number of benzene rings is 1. The first-order valence-corrected chi connectivity index (χ1v) is 5.11. The van der Waals surface area contributed by atoms with Crippen LogP contribution in [0, 0.1) is 22.9 Å². The van der Waals surface area contributed by atoms with Crippen LogP contribution in [0.25, 0.3) is 0 Å². The molecule has 1 rings (SSSR count). The summed E-state index contributed by atoms with van der Waals surface area (Å²) in [6, 6.07) is 0.544. The van der Waals surface area contributed by atoms with Gasteiger partial charge in [0.15, 0.2) is 0 Å². The smallest absolute Gasteiger partial charge is 0.133 e. The summed E-state index contributed by atoms with van der Waals surface area (Å²) in [5.74, 6) is -2.77. The number of halogens is 3. The molecule has 0 saturated heterocycles. The molecule has 0 radical (unpaired) electrons. The van der Waals surface area contributed by atoms with E-state index in [-0.39, 0.29) is 11.0 Å². The fourth-order valence-electron chi connectivity index (χ4n) is 1.67. The Balaban J connectivity index is 3.04. The predicted molar refractivity (Wildman–Crippen MR) is 57.3 cm³/mol. The third-order valence-electron chi connectivity index (χ3n) is 2.25. The van der Waals surface area contributed by atoms with Crippen LogP contribution in [0.5, 0.6) is 0 Å². The molecule has 2 N–H and O–H groups in total. The molecule has 1 nitrogen and oxygen atoms in total. The van der Waals surface area contributed by atoms with Gasteiger partial charge in [-0.2, -0.15) is 0 Å². The Hall–Kier alpha value is -1.03. The third-order valence-corrected chi connectivity index (χ3v) is 2.25. The van der Waals surface area contributed by atoms with Crippen molar-refractivity contribution >= 4 is 0 Å². The molecule has 4 heteroatoms. The SMILES string of the molecule is CC(C)(C)CC(N)c1c(F)cc(F)cc1F. The van der Waals surface area contributed by atoms with Gasteiger partial charge >= 0.3 is 0 Å². The van der Waals surface area contributed by atoms with E-state index in [9.17, 15) is 13.2 Å². The number of nitrogens with two attached hydrogens (primary N) is 1. The van der Waals surface area contributed by atoms with Gasteiger partial charge in [0.25, 0.3) is 0 Å². The van der Waals surface area contributed by atoms with Gasteiger partial charge in [-0.05, 0) is 11.8 Å². The summed E-state index contributed by atoms with van der Waals surface area (Å²) in [7, 11) is 0. The second-order valence-electron chi connectivity index (χ2n) is 5.15. The van der Waals surface area contributed by atoms with E-state index >= 15 is 0 Å². The standard InChI is InChI=1S/C12H16F3N/c1-12(2,3)6-10(16)11-8(14)4-7(13)5-9(11)15/h4-5,10H,6,16H2,1-3H3. The maximum atomic E-state index is 13.4. The first kappa shape index (κ1) is 13.0. The van der Waals surface area contributed by atoms with Crippen LogP contribution in [0.1, 0.15) is 38.8 Å². The quantitative estimate of drug-likeness (QED) is 0.827. The molecule has 0 saturated carbocycles. The number of hydrogen-bond donors (Lipinski definition) is 1. The molecule has 0 bridgehead atoms. The van der Waals surface area contributed by atoms with Gasteiger partial charge in [-0.1, -0.05) is 20.8 Å². The fourth-order valence-corrected chi connectivity index (χ4v) is 1.67. The van der Waals surface area contributed by atoms with Crippen LogP contribution in [-0.4, -0.2) is 0 Å². The molecule has 1 atom stereocenters. The van der Waals surface area contributed by atoms with E-state index in [0.717, 1.165) is 0 Å². The molecule has 0 aliphatic rings. The van der Waals surface area contributed by atoms with Gasteiger partial charge in [0.2, 0.25) is 0 Å². The van der Waals surface area contributed by atoms with Crippen LogP contribution in [-0.2, 0) is 0 Å². The Morgan fingerprint density at radius 2 is 1.56 bits per heavy atom. The van der Waals surface area contributed by atoms with Gasteiger partial charge in [-0.3, -0.25) is 0 Å². The molecular formula is C12H16F3N. The van der Waals surface area contributed by atoms with Crippen molar-refractivity contribution in [1.29, 1.82) is 0 Å². The Labute approximate surface area is 93.5 Å². The molecule has 0 aliphatic carbocycles. The monoisotopic (exact) mass is 231 g/mol. The molecule has 0 heterocycles. The summed E-state index contributed by atoms with van der Waals surface area (Å²) in [6.45, 7) is 5.77. The van der Waals surface area contributed by atoms with Crippen molar-refractivity contribution in [2.75, 3.05) is 0 Å². The fraction of sp³-hybridized carbons (Fsp3) is 0.500. The van der Waals surface area contributed by atoms with Crippen LogP contribution < -0.4 is 5.73 Å². The second kappa shape index (κ2) is 4.45. The zero-order valence-corrected chi connectivity index (χ0v) is 9.65. The normalized spacial score (nSPS) is 13.9. The topological polar surface area (TPSA) is 26.0 Å². The zero-order chi connectivity index (χ0) is 12.5. The van der Waals surface area contributed by atoms with E-state index in [4.69, 9.17) is 5.73 Å². The molecule has 0 spiro atoms. The third kappa shape index (κ3) is 3.23. The van der Waals surface area contributed by atoms with Crippen molar-refractivity contribution in [1.82, 2.24) is 0 Å². The highest BCUT2D eigenvalue weighted by Gasteiger charge is 2.23. The highest BCUT2D eigenvalue weighted by atomic mass is 19.1. The van der Waals surface area contributed by atoms with Crippen molar-refractivity contribution < 1.29 is 13.2 Å². The maximum Gasteiger partial charge on any atom is 0.133 e. The van der Waals surface area contributed by atoms with E-state index < -0.39 is 23.5 Å². The average molecular weight is 231 g/mol.